The lowest BCUT2D eigenvalue weighted by atomic mass is 10.2. The van der Waals surface area contributed by atoms with Gasteiger partial charge < -0.3 is 4.90 Å². The van der Waals surface area contributed by atoms with Crippen molar-refractivity contribution in [1.29, 1.82) is 0 Å². The Kier molecular flexibility index (Phi) is 3.46. The predicted molar refractivity (Wildman–Crippen MR) is 50.3 cm³/mol. The summed E-state index contributed by atoms with van der Waals surface area (Å²) in [6.45, 7) is 4.32. The number of amides is 1. The number of hydrogen-bond acceptors (Lipinski definition) is 2. The molecule has 13 heavy (non-hydrogen) atoms. The number of hydrogen-bond donors (Lipinski definition) is 0. The lowest BCUT2D eigenvalue weighted by molar-refractivity contribution is -0.135. The van der Waals surface area contributed by atoms with Gasteiger partial charge in [-0.25, -0.2) is 0 Å². The van der Waals surface area contributed by atoms with Gasteiger partial charge in [0.05, 0.1) is 6.42 Å². The number of nitrogens with zero attached hydrogens (tertiary/aromatic N) is 1. The minimum Gasteiger partial charge on any atom is -0.339 e. The van der Waals surface area contributed by atoms with Crippen LogP contribution >= 0.6 is 0 Å². The van der Waals surface area contributed by atoms with Crippen molar-refractivity contribution in [2.45, 2.75) is 45.6 Å². The van der Waals surface area contributed by atoms with Crippen LogP contribution in [0.5, 0.6) is 0 Å². The minimum atomic E-state index is -0.0354. The summed E-state index contributed by atoms with van der Waals surface area (Å²) in [5.41, 5.74) is 0. The molecule has 0 aromatic carbocycles. The van der Waals surface area contributed by atoms with E-state index in [-0.39, 0.29) is 18.1 Å². The molecule has 3 nitrogen and oxygen atoms in total. The van der Waals surface area contributed by atoms with Gasteiger partial charge in [-0.1, -0.05) is 6.92 Å². The average Bonchev–Trinajstić information content (AvgIpc) is 2.81. The fraction of sp³-hybridized carbons (Fsp3) is 0.800. The molecule has 0 atom stereocenters. The Labute approximate surface area is 79.1 Å². The molecule has 0 N–H and O–H groups in total. The van der Waals surface area contributed by atoms with Gasteiger partial charge in [-0.15, -0.1) is 0 Å². The molecule has 0 aromatic rings. The highest BCUT2D eigenvalue weighted by Gasteiger charge is 2.31. The maximum atomic E-state index is 11.5. The van der Waals surface area contributed by atoms with Crippen LogP contribution in [0.2, 0.25) is 0 Å². The van der Waals surface area contributed by atoms with Gasteiger partial charge in [0.2, 0.25) is 5.91 Å². The van der Waals surface area contributed by atoms with Crippen LogP contribution in [-0.4, -0.2) is 29.2 Å². The standard InChI is InChI=1S/C10H17NO2/c1-3-6-11(9-4-5-9)10(13)7-8(2)12/h9H,3-7H2,1-2H3. The van der Waals surface area contributed by atoms with Gasteiger partial charge in [0.15, 0.2) is 0 Å². The molecular formula is C10H17NO2. The minimum absolute atomic E-state index is 0.0110. The molecule has 0 radical (unpaired) electrons. The lowest BCUT2D eigenvalue weighted by Crippen LogP contribution is -2.34. The van der Waals surface area contributed by atoms with Gasteiger partial charge >= 0.3 is 0 Å². The van der Waals surface area contributed by atoms with Gasteiger partial charge in [0, 0.05) is 12.6 Å². The largest absolute Gasteiger partial charge is 0.339 e. The second-order valence-electron chi connectivity index (χ2n) is 3.70. The quantitative estimate of drug-likeness (QED) is 0.604. The van der Waals surface area contributed by atoms with Crippen molar-refractivity contribution in [1.82, 2.24) is 4.90 Å². The Balaban J connectivity index is 2.43. The van der Waals surface area contributed by atoms with E-state index in [1.807, 2.05) is 4.90 Å². The summed E-state index contributed by atoms with van der Waals surface area (Å²) in [5.74, 6) is -0.0244. The van der Waals surface area contributed by atoms with Crippen LogP contribution in [0.3, 0.4) is 0 Å². The Morgan fingerprint density at radius 3 is 2.38 bits per heavy atom. The van der Waals surface area contributed by atoms with Crippen LogP contribution in [0.4, 0.5) is 0 Å². The number of ketones is 1. The fourth-order valence-electron chi connectivity index (χ4n) is 1.45. The normalized spacial score (nSPS) is 15.5. The first-order valence-corrected chi connectivity index (χ1v) is 4.94. The van der Waals surface area contributed by atoms with E-state index in [0.717, 1.165) is 25.8 Å². The third kappa shape index (κ3) is 3.17. The molecule has 0 aliphatic heterocycles. The van der Waals surface area contributed by atoms with Crippen molar-refractivity contribution < 1.29 is 9.59 Å². The van der Waals surface area contributed by atoms with Crippen molar-refractivity contribution in [3.63, 3.8) is 0 Å². The van der Waals surface area contributed by atoms with Crippen LogP contribution in [-0.2, 0) is 9.59 Å². The topological polar surface area (TPSA) is 37.4 Å². The van der Waals surface area contributed by atoms with E-state index in [1.54, 1.807) is 0 Å². The van der Waals surface area contributed by atoms with Crippen LogP contribution < -0.4 is 0 Å². The molecule has 1 fully saturated rings. The Morgan fingerprint density at radius 1 is 1.38 bits per heavy atom. The second kappa shape index (κ2) is 4.40. The van der Waals surface area contributed by atoms with E-state index < -0.39 is 0 Å². The molecule has 1 rings (SSSR count). The van der Waals surface area contributed by atoms with E-state index in [4.69, 9.17) is 0 Å². The Morgan fingerprint density at radius 2 is 2.00 bits per heavy atom. The Bertz CT molecular complexity index is 209. The summed E-state index contributed by atoms with van der Waals surface area (Å²) >= 11 is 0. The maximum absolute atomic E-state index is 11.5. The predicted octanol–water partition coefficient (Wildman–Crippen LogP) is 1.37. The molecule has 1 aliphatic carbocycles. The smallest absolute Gasteiger partial charge is 0.230 e. The molecular weight excluding hydrogens is 166 g/mol. The van der Waals surface area contributed by atoms with E-state index >= 15 is 0 Å². The van der Waals surface area contributed by atoms with Crippen LogP contribution in [0.1, 0.15) is 39.5 Å². The third-order valence-corrected chi connectivity index (χ3v) is 2.17. The first-order chi connectivity index (χ1) is 6.15. The highest BCUT2D eigenvalue weighted by atomic mass is 16.2. The van der Waals surface area contributed by atoms with E-state index in [0.29, 0.717) is 6.04 Å². The summed E-state index contributed by atoms with van der Waals surface area (Å²) in [6, 6.07) is 0.437. The summed E-state index contributed by atoms with van der Waals surface area (Å²) in [6.07, 6.45) is 3.28. The van der Waals surface area contributed by atoms with Gasteiger partial charge in [-0.3, -0.25) is 9.59 Å². The van der Waals surface area contributed by atoms with Gasteiger partial charge in [0.1, 0.15) is 5.78 Å². The average molecular weight is 183 g/mol. The third-order valence-electron chi connectivity index (χ3n) is 2.17. The van der Waals surface area contributed by atoms with Crippen molar-refractivity contribution in [2.24, 2.45) is 0 Å². The molecule has 1 amide bonds. The van der Waals surface area contributed by atoms with Crippen molar-refractivity contribution >= 4 is 11.7 Å². The van der Waals surface area contributed by atoms with E-state index in [9.17, 15) is 9.59 Å². The number of carbonyl (C=O) groups excluding carboxylic acids is 2. The molecule has 1 aliphatic rings. The molecule has 0 saturated heterocycles. The zero-order valence-electron chi connectivity index (χ0n) is 8.38. The highest BCUT2D eigenvalue weighted by molar-refractivity contribution is 5.97. The molecule has 0 heterocycles. The Hall–Kier alpha value is -0.860. The maximum Gasteiger partial charge on any atom is 0.230 e. The fourth-order valence-corrected chi connectivity index (χ4v) is 1.45. The van der Waals surface area contributed by atoms with Crippen LogP contribution in [0, 0.1) is 0 Å². The van der Waals surface area contributed by atoms with Crippen molar-refractivity contribution in [3.05, 3.63) is 0 Å². The van der Waals surface area contributed by atoms with Crippen LogP contribution in [0.15, 0.2) is 0 Å². The summed E-state index contributed by atoms with van der Waals surface area (Å²) in [7, 11) is 0. The second-order valence-corrected chi connectivity index (χ2v) is 3.70. The monoisotopic (exact) mass is 183 g/mol. The molecule has 1 saturated carbocycles. The molecule has 74 valence electrons. The molecule has 0 unspecified atom stereocenters. The van der Waals surface area contributed by atoms with Crippen molar-refractivity contribution in [2.75, 3.05) is 6.54 Å². The number of carbonyl (C=O) groups is 2. The molecule has 0 spiro atoms. The number of rotatable bonds is 5. The lowest BCUT2D eigenvalue weighted by Gasteiger charge is -2.20. The molecule has 0 aromatic heterocycles. The molecule has 0 bridgehead atoms. The summed E-state index contributed by atoms with van der Waals surface area (Å²) in [5, 5.41) is 0. The van der Waals surface area contributed by atoms with Gasteiger partial charge in [-0.2, -0.15) is 0 Å². The number of Topliss-reactive ketones (excluding diaryl/α,β-unsaturated/α-hetero) is 1. The first kappa shape index (κ1) is 10.2. The summed E-state index contributed by atoms with van der Waals surface area (Å²) in [4.78, 5) is 24.2. The summed E-state index contributed by atoms with van der Waals surface area (Å²) < 4.78 is 0. The van der Waals surface area contributed by atoms with E-state index in [2.05, 4.69) is 6.92 Å². The molecule has 3 heteroatoms. The van der Waals surface area contributed by atoms with Gasteiger partial charge in [0.25, 0.3) is 0 Å². The van der Waals surface area contributed by atoms with E-state index in [1.165, 1.54) is 6.92 Å². The highest BCUT2D eigenvalue weighted by Crippen LogP contribution is 2.27. The van der Waals surface area contributed by atoms with Crippen LogP contribution in [0.25, 0.3) is 0 Å². The zero-order chi connectivity index (χ0) is 9.84. The zero-order valence-corrected chi connectivity index (χ0v) is 8.38. The van der Waals surface area contributed by atoms with Gasteiger partial charge in [-0.05, 0) is 26.2 Å². The first-order valence-electron chi connectivity index (χ1n) is 4.94. The van der Waals surface area contributed by atoms with Crippen molar-refractivity contribution in [3.8, 4) is 0 Å². The SMILES string of the molecule is CCCN(C(=O)CC(C)=O)C1CC1.